The zero-order valence-electron chi connectivity index (χ0n) is 7.88. The minimum atomic E-state index is -0.811. The van der Waals surface area contributed by atoms with Gasteiger partial charge in [-0.2, -0.15) is 0 Å². The van der Waals surface area contributed by atoms with Gasteiger partial charge < -0.3 is 4.74 Å². The lowest BCUT2D eigenvalue weighted by molar-refractivity contribution is 0.225. The molecule has 0 saturated carbocycles. The predicted molar refractivity (Wildman–Crippen MR) is 60.1 cm³/mol. The summed E-state index contributed by atoms with van der Waals surface area (Å²) in [5, 5.41) is 0. The third-order valence-electron chi connectivity index (χ3n) is 1.78. The normalized spacial score (nSPS) is 10.4. The Morgan fingerprint density at radius 2 is 2.14 bits per heavy atom. The van der Waals surface area contributed by atoms with Crippen LogP contribution in [0.5, 0.6) is 5.75 Å². The number of carbonyl (C=O) groups is 1. The summed E-state index contributed by atoms with van der Waals surface area (Å²) in [7, 11) is 0. The van der Waals surface area contributed by atoms with E-state index >= 15 is 0 Å². The number of ether oxygens (including phenoxy) is 1. The van der Waals surface area contributed by atoms with Gasteiger partial charge in [-0.3, -0.25) is 0 Å². The van der Waals surface area contributed by atoms with Crippen LogP contribution < -0.4 is 4.74 Å². The predicted octanol–water partition coefficient (Wildman–Crippen LogP) is 4.31. The maximum absolute atomic E-state index is 10.6. The molecule has 0 radical (unpaired) electrons. The Bertz CT molecular complexity index is 350. The zero-order valence-corrected chi connectivity index (χ0v) is 10.2. The van der Waals surface area contributed by atoms with E-state index in [-0.39, 0.29) is 5.92 Å². The summed E-state index contributed by atoms with van der Waals surface area (Å²) in [4.78, 5) is 10.6. The van der Waals surface area contributed by atoms with Gasteiger partial charge in [-0.25, -0.2) is 4.79 Å². The fourth-order valence-corrected chi connectivity index (χ4v) is 1.61. The number of rotatable bonds is 2. The standard InChI is InChI=1S/C10H10BrClO2/c1-6(2)8-5-7(11)3-4-9(8)14-10(12)13/h3-6H,1-2H3. The second-order valence-electron chi connectivity index (χ2n) is 3.18. The van der Waals surface area contributed by atoms with Crippen LogP contribution in [0, 0.1) is 0 Å². The summed E-state index contributed by atoms with van der Waals surface area (Å²) in [5.41, 5.74) is 0.141. The molecule has 0 aliphatic rings. The van der Waals surface area contributed by atoms with Crippen LogP contribution in [0.3, 0.4) is 0 Å². The zero-order chi connectivity index (χ0) is 10.7. The second-order valence-corrected chi connectivity index (χ2v) is 4.40. The molecule has 0 aliphatic carbocycles. The molecule has 0 atom stereocenters. The van der Waals surface area contributed by atoms with Gasteiger partial charge in [-0.15, -0.1) is 0 Å². The summed E-state index contributed by atoms with van der Waals surface area (Å²) in [6.45, 7) is 4.04. The molecule has 0 fully saturated rings. The Balaban J connectivity index is 3.08. The molecule has 1 aromatic rings. The number of halogens is 2. The van der Waals surface area contributed by atoms with Crippen molar-refractivity contribution in [1.82, 2.24) is 0 Å². The minimum Gasteiger partial charge on any atom is -0.414 e. The molecule has 14 heavy (non-hydrogen) atoms. The highest BCUT2D eigenvalue weighted by Crippen LogP contribution is 2.29. The summed E-state index contributed by atoms with van der Waals surface area (Å²) in [5.74, 6) is 0.793. The Morgan fingerprint density at radius 3 is 2.64 bits per heavy atom. The lowest BCUT2D eigenvalue weighted by Crippen LogP contribution is -2.01. The molecular formula is C10H10BrClO2. The van der Waals surface area contributed by atoms with Crippen LogP contribution in [0.25, 0.3) is 0 Å². The molecule has 2 nitrogen and oxygen atoms in total. The Kier molecular flexibility index (Phi) is 3.96. The van der Waals surface area contributed by atoms with Gasteiger partial charge in [0.05, 0.1) is 0 Å². The van der Waals surface area contributed by atoms with Gasteiger partial charge in [0, 0.05) is 16.1 Å². The Hall–Kier alpha value is -0.540. The van der Waals surface area contributed by atoms with Crippen LogP contribution in [0.2, 0.25) is 0 Å². The molecule has 4 heteroatoms. The van der Waals surface area contributed by atoms with Crippen molar-refractivity contribution in [3.8, 4) is 5.75 Å². The van der Waals surface area contributed by atoms with E-state index in [0.29, 0.717) is 5.75 Å². The van der Waals surface area contributed by atoms with E-state index in [1.165, 1.54) is 0 Å². The fourth-order valence-electron chi connectivity index (χ4n) is 1.15. The van der Waals surface area contributed by atoms with E-state index in [9.17, 15) is 4.79 Å². The first kappa shape index (κ1) is 11.5. The van der Waals surface area contributed by atoms with E-state index in [4.69, 9.17) is 16.3 Å². The number of benzene rings is 1. The maximum Gasteiger partial charge on any atom is 0.409 e. The second kappa shape index (κ2) is 4.80. The van der Waals surface area contributed by atoms with Crippen molar-refractivity contribution in [2.45, 2.75) is 19.8 Å². The molecule has 76 valence electrons. The first-order chi connectivity index (χ1) is 6.50. The third kappa shape index (κ3) is 3.00. The Labute approximate surface area is 96.3 Å². The SMILES string of the molecule is CC(C)c1cc(Br)ccc1OC(=O)Cl. The van der Waals surface area contributed by atoms with Gasteiger partial charge in [0.15, 0.2) is 0 Å². The van der Waals surface area contributed by atoms with Crippen molar-refractivity contribution in [2.75, 3.05) is 0 Å². The Morgan fingerprint density at radius 1 is 1.50 bits per heavy atom. The van der Waals surface area contributed by atoms with Gasteiger partial charge in [0.1, 0.15) is 5.75 Å². The van der Waals surface area contributed by atoms with E-state index < -0.39 is 5.43 Å². The molecule has 0 heterocycles. The quantitative estimate of drug-likeness (QED) is 0.753. The third-order valence-corrected chi connectivity index (χ3v) is 2.35. The molecule has 1 aromatic carbocycles. The van der Waals surface area contributed by atoms with Gasteiger partial charge in [-0.05, 0) is 29.7 Å². The minimum absolute atomic E-state index is 0.276. The lowest BCUT2D eigenvalue weighted by Gasteiger charge is -2.11. The maximum atomic E-state index is 10.6. The van der Waals surface area contributed by atoms with Crippen molar-refractivity contribution >= 4 is 33.0 Å². The average Bonchev–Trinajstić information content (AvgIpc) is 2.07. The molecule has 0 bridgehead atoms. The number of hydrogen-bond donors (Lipinski definition) is 0. The van der Waals surface area contributed by atoms with Gasteiger partial charge >= 0.3 is 5.43 Å². The van der Waals surface area contributed by atoms with Crippen LogP contribution in [0.15, 0.2) is 22.7 Å². The largest absolute Gasteiger partial charge is 0.414 e. The summed E-state index contributed by atoms with van der Waals surface area (Å²) in [6, 6.07) is 5.45. The molecule has 0 unspecified atom stereocenters. The molecule has 1 rings (SSSR count). The fraction of sp³-hybridized carbons (Fsp3) is 0.300. The highest BCUT2D eigenvalue weighted by atomic mass is 79.9. The molecule has 0 amide bonds. The molecule has 0 N–H and O–H groups in total. The molecule has 0 aromatic heterocycles. The first-order valence-electron chi connectivity index (χ1n) is 4.17. The van der Waals surface area contributed by atoms with Crippen LogP contribution in [-0.2, 0) is 0 Å². The van der Waals surface area contributed by atoms with Crippen LogP contribution in [0.1, 0.15) is 25.3 Å². The van der Waals surface area contributed by atoms with Crippen LogP contribution in [0.4, 0.5) is 4.79 Å². The first-order valence-corrected chi connectivity index (χ1v) is 5.34. The van der Waals surface area contributed by atoms with Crippen LogP contribution in [-0.4, -0.2) is 5.43 Å². The topological polar surface area (TPSA) is 26.3 Å². The van der Waals surface area contributed by atoms with Gasteiger partial charge in [-0.1, -0.05) is 29.8 Å². The van der Waals surface area contributed by atoms with E-state index in [2.05, 4.69) is 15.9 Å². The summed E-state index contributed by atoms with van der Waals surface area (Å²) < 4.78 is 5.82. The average molecular weight is 278 g/mol. The molecule has 0 saturated heterocycles. The van der Waals surface area contributed by atoms with Crippen molar-refractivity contribution < 1.29 is 9.53 Å². The van der Waals surface area contributed by atoms with Crippen molar-refractivity contribution in [3.05, 3.63) is 28.2 Å². The highest BCUT2D eigenvalue weighted by Gasteiger charge is 2.10. The molecule has 0 aliphatic heterocycles. The van der Waals surface area contributed by atoms with E-state index in [1.54, 1.807) is 12.1 Å². The number of carbonyl (C=O) groups excluding carboxylic acids is 1. The highest BCUT2D eigenvalue weighted by molar-refractivity contribution is 9.10. The summed E-state index contributed by atoms with van der Waals surface area (Å²) >= 11 is 8.51. The van der Waals surface area contributed by atoms with E-state index in [1.807, 2.05) is 19.9 Å². The number of hydrogen-bond acceptors (Lipinski definition) is 2. The van der Waals surface area contributed by atoms with Crippen LogP contribution >= 0.6 is 27.5 Å². The monoisotopic (exact) mass is 276 g/mol. The lowest BCUT2D eigenvalue weighted by atomic mass is 10.0. The van der Waals surface area contributed by atoms with Crippen molar-refractivity contribution in [2.24, 2.45) is 0 Å². The van der Waals surface area contributed by atoms with Gasteiger partial charge in [0.2, 0.25) is 0 Å². The van der Waals surface area contributed by atoms with Crippen molar-refractivity contribution in [3.63, 3.8) is 0 Å². The van der Waals surface area contributed by atoms with Gasteiger partial charge in [0.25, 0.3) is 0 Å². The molecule has 0 spiro atoms. The van der Waals surface area contributed by atoms with Crippen molar-refractivity contribution in [1.29, 1.82) is 0 Å². The summed E-state index contributed by atoms with van der Waals surface area (Å²) in [6.07, 6.45) is 0. The molecular weight excluding hydrogens is 267 g/mol. The smallest absolute Gasteiger partial charge is 0.409 e. The van der Waals surface area contributed by atoms with E-state index in [0.717, 1.165) is 10.0 Å².